The second-order valence-corrected chi connectivity index (χ2v) is 15.9. The Labute approximate surface area is 281 Å². The fourth-order valence-electron chi connectivity index (χ4n) is 6.07. The van der Waals surface area contributed by atoms with Gasteiger partial charge in [-0.3, -0.25) is 14.3 Å². The molecule has 15 nitrogen and oxygen atoms in total. The summed E-state index contributed by atoms with van der Waals surface area (Å²) >= 11 is 0. The second kappa shape index (κ2) is 12.8. The van der Waals surface area contributed by atoms with Crippen molar-refractivity contribution in [3.05, 3.63) is 102 Å². The van der Waals surface area contributed by atoms with Crippen LogP contribution in [0, 0.1) is 0 Å². The minimum atomic E-state index is -4.45. The van der Waals surface area contributed by atoms with Crippen molar-refractivity contribution in [2.45, 2.75) is 44.2 Å². The summed E-state index contributed by atoms with van der Waals surface area (Å²) in [4.78, 5) is 23.1. The van der Waals surface area contributed by atoms with Crippen molar-refractivity contribution < 1.29 is 36.1 Å². The molecular formula is C32H33N6O9PS. The van der Waals surface area contributed by atoms with Crippen LogP contribution < -0.4 is 36.1 Å². The molecule has 7 rings (SSSR count). The molecule has 2 fully saturated rings. The number of ether oxygens (including phenoxy) is 4. The highest BCUT2D eigenvalue weighted by atomic mass is 32.2. The van der Waals surface area contributed by atoms with Crippen LogP contribution in [0.4, 0.5) is 5.95 Å². The van der Waals surface area contributed by atoms with E-state index in [0.717, 1.165) is 0 Å². The van der Waals surface area contributed by atoms with E-state index in [0.29, 0.717) is 10.6 Å². The highest BCUT2D eigenvalue weighted by Crippen LogP contribution is 2.46. The molecule has 256 valence electrons. The number of H-pyrrole nitrogens is 1. The number of nitrogens with zero attached hydrogens (tertiary/aromatic N) is 3. The molecule has 4 heterocycles. The first-order valence-corrected chi connectivity index (χ1v) is 18.4. The molecule has 0 amide bonds. The van der Waals surface area contributed by atoms with Crippen LogP contribution in [-0.2, 0) is 33.8 Å². The number of rotatable bonds is 11. The molecule has 2 aliphatic rings. The lowest BCUT2D eigenvalue weighted by Gasteiger charge is -2.24. The molecule has 0 saturated carbocycles. The van der Waals surface area contributed by atoms with Crippen LogP contribution in [-0.4, -0.2) is 65.4 Å². The molecule has 17 heteroatoms. The highest BCUT2D eigenvalue weighted by Gasteiger charge is 2.56. The van der Waals surface area contributed by atoms with Crippen LogP contribution in [0.3, 0.4) is 0 Å². The Morgan fingerprint density at radius 2 is 1.61 bits per heavy atom. The Morgan fingerprint density at radius 3 is 2.31 bits per heavy atom. The lowest BCUT2D eigenvalue weighted by atomic mass is 10.1. The van der Waals surface area contributed by atoms with E-state index in [4.69, 9.17) is 28.9 Å². The lowest BCUT2D eigenvalue weighted by molar-refractivity contribution is -0.201. The van der Waals surface area contributed by atoms with E-state index in [1.165, 1.54) is 12.4 Å². The van der Waals surface area contributed by atoms with Crippen LogP contribution in [0.25, 0.3) is 11.2 Å². The first-order chi connectivity index (χ1) is 23.5. The highest BCUT2D eigenvalue weighted by molar-refractivity contribution is 7.86. The molecule has 2 aromatic heterocycles. The summed E-state index contributed by atoms with van der Waals surface area (Å²) in [5, 5.41) is 1.27. The van der Waals surface area contributed by atoms with Gasteiger partial charge in [0.05, 0.1) is 18.2 Å². The van der Waals surface area contributed by atoms with Gasteiger partial charge < -0.3 is 33.4 Å². The molecule has 2 saturated heterocycles. The summed E-state index contributed by atoms with van der Waals surface area (Å²) in [5.74, 6) is -1.13. The van der Waals surface area contributed by atoms with Crippen LogP contribution >= 0.6 is 7.14 Å². The molecule has 0 radical (unpaired) electrons. The predicted molar refractivity (Wildman–Crippen MR) is 180 cm³/mol. The number of imidazole rings is 1. The lowest BCUT2D eigenvalue weighted by Crippen LogP contribution is -2.36. The van der Waals surface area contributed by atoms with E-state index in [1.807, 2.05) is 12.1 Å². The Hall–Kier alpha value is -4.41. The number of nitrogens with two attached hydrogens (primary N) is 1. The van der Waals surface area contributed by atoms with Gasteiger partial charge in [-0.05, 0) is 26.0 Å². The number of nitrogen functional groups attached to an aromatic ring is 1. The molecular weight excluding hydrogens is 675 g/mol. The zero-order chi connectivity index (χ0) is 34.4. The van der Waals surface area contributed by atoms with Gasteiger partial charge in [0.15, 0.2) is 36.1 Å². The van der Waals surface area contributed by atoms with Gasteiger partial charge in [-0.25, -0.2) is 4.98 Å². The van der Waals surface area contributed by atoms with Crippen LogP contribution in [0.2, 0.25) is 0 Å². The summed E-state index contributed by atoms with van der Waals surface area (Å²) in [7, 11) is -7.99. The minimum Gasteiger partial charge on any atom is -0.370 e. The van der Waals surface area contributed by atoms with Gasteiger partial charge >= 0.3 is 10.3 Å². The van der Waals surface area contributed by atoms with E-state index < -0.39 is 60.1 Å². The van der Waals surface area contributed by atoms with E-state index >= 15 is 0 Å². The van der Waals surface area contributed by atoms with Gasteiger partial charge in [-0.15, -0.1) is 0 Å². The molecule has 3 aromatic carbocycles. The number of aromatic nitrogens is 4. The van der Waals surface area contributed by atoms with Crippen molar-refractivity contribution in [3.63, 3.8) is 0 Å². The molecule has 0 bridgehead atoms. The number of hydrogen-bond donors (Lipinski definition) is 3. The van der Waals surface area contributed by atoms with Gasteiger partial charge in [0, 0.05) is 10.6 Å². The molecule has 0 unspecified atom stereocenters. The second-order valence-electron chi connectivity index (χ2n) is 11.9. The Bertz CT molecular complexity index is 2150. The fourth-order valence-corrected chi connectivity index (χ4v) is 9.57. The SMILES string of the molecule is CC1(C)O[C@@H]2[C@H](O1)[C@@H](COCNS(=O)(=O)Oc1ccccc1P(=O)(c1ccccc1)c1ccccc1)O[C@H]2n1cnc2c(=O)[nH]c(N)nc21. The molecule has 2 aliphatic heterocycles. The van der Waals surface area contributed by atoms with Gasteiger partial charge in [0.25, 0.3) is 5.56 Å². The average molecular weight is 709 g/mol. The summed E-state index contributed by atoms with van der Waals surface area (Å²) < 4.78 is 74.7. The van der Waals surface area contributed by atoms with Crippen molar-refractivity contribution >= 4 is 50.5 Å². The largest absolute Gasteiger partial charge is 0.384 e. The summed E-state index contributed by atoms with van der Waals surface area (Å²) in [6, 6.07) is 24.0. The smallest absolute Gasteiger partial charge is 0.370 e. The number of fused-ring (bicyclic) bond motifs is 2. The zero-order valence-corrected chi connectivity index (χ0v) is 28.0. The summed E-state index contributed by atoms with van der Waals surface area (Å²) in [6.45, 7) is 2.93. The number of aromatic amines is 1. The molecule has 4 N–H and O–H groups in total. The third kappa shape index (κ3) is 6.39. The van der Waals surface area contributed by atoms with Crippen molar-refractivity contribution in [2.24, 2.45) is 0 Å². The third-order valence-corrected chi connectivity index (χ3v) is 12.1. The van der Waals surface area contributed by atoms with Crippen molar-refractivity contribution in [1.82, 2.24) is 24.2 Å². The van der Waals surface area contributed by atoms with Crippen LogP contribution in [0.5, 0.6) is 5.75 Å². The normalized spacial score (nSPS) is 21.9. The first-order valence-electron chi connectivity index (χ1n) is 15.3. The number of nitrogens with one attached hydrogen (secondary N) is 2. The summed E-state index contributed by atoms with van der Waals surface area (Å²) in [6.07, 6.45) is -1.35. The number of hydrogen-bond acceptors (Lipinski definition) is 12. The first kappa shape index (κ1) is 33.1. The molecule has 5 aromatic rings. The fraction of sp³-hybridized carbons (Fsp3) is 0.281. The van der Waals surface area contributed by atoms with Crippen molar-refractivity contribution in [3.8, 4) is 5.75 Å². The van der Waals surface area contributed by atoms with Gasteiger partial charge in [0.2, 0.25) is 5.95 Å². The maximum atomic E-state index is 14.9. The Kier molecular flexibility index (Phi) is 8.65. The maximum Gasteiger partial charge on any atom is 0.384 e. The molecule has 4 atom stereocenters. The number of para-hydroxylation sites is 1. The van der Waals surface area contributed by atoms with Crippen LogP contribution in [0.15, 0.2) is 96.1 Å². The quantitative estimate of drug-likeness (QED) is 0.102. The van der Waals surface area contributed by atoms with E-state index in [1.54, 1.807) is 85.1 Å². The Balaban J connectivity index is 1.06. The monoisotopic (exact) mass is 708 g/mol. The van der Waals surface area contributed by atoms with E-state index in [9.17, 15) is 17.8 Å². The van der Waals surface area contributed by atoms with Gasteiger partial charge in [0.1, 0.15) is 25.0 Å². The number of benzene rings is 3. The van der Waals surface area contributed by atoms with E-state index in [2.05, 4.69) is 19.7 Å². The van der Waals surface area contributed by atoms with Crippen molar-refractivity contribution in [1.29, 1.82) is 0 Å². The molecule has 0 aliphatic carbocycles. The minimum absolute atomic E-state index is 0.0760. The van der Waals surface area contributed by atoms with Crippen molar-refractivity contribution in [2.75, 3.05) is 19.1 Å². The van der Waals surface area contributed by atoms with Gasteiger partial charge in [-0.2, -0.15) is 18.1 Å². The molecule has 0 spiro atoms. The summed E-state index contributed by atoms with van der Waals surface area (Å²) in [5.41, 5.74) is 5.55. The average Bonchev–Trinajstić information content (AvgIpc) is 3.74. The van der Waals surface area contributed by atoms with Crippen LogP contribution in [0.1, 0.15) is 20.1 Å². The topological polar surface area (TPSA) is 199 Å². The standard InChI is InChI=1S/C32H33N6O9PS/c1-32(2)45-26-23(44-30(27(26)46-32)38-18-34-25-28(38)36-31(33)37-29(25)39)17-43-19-35-49(41,42)47-22-15-9-10-16-24(22)48(40,20-11-5-3-6-12-20)21-13-7-4-8-14-21/h3-16,18,23,26-27,30,35H,17,19H2,1-2H3,(H3,33,36,37,39)/t23-,26-,27-,30-/m1/s1. The van der Waals surface area contributed by atoms with E-state index in [-0.39, 0.29) is 34.8 Å². The molecule has 49 heavy (non-hydrogen) atoms. The number of anilines is 1. The predicted octanol–water partition coefficient (Wildman–Crippen LogP) is 1.65. The van der Waals surface area contributed by atoms with Gasteiger partial charge in [-0.1, -0.05) is 72.8 Å². The Morgan fingerprint density at radius 1 is 0.980 bits per heavy atom. The maximum absolute atomic E-state index is 14.9. The third-order valence-electron chi connectivity index (χ3n) is 8.11. The zero-order valence-electron chi connectivity index (χ0n) is 26.3.